The number of para-hydroxylation sites is 1. The second-order valence-electron chi connectivity index (χ2n) is 5.52. The third-order valence-corrected chi connectivity index (χ3v) is 4.08. The molecule has 0 aromatic heterocycles. The summed E-state index contributed by atoms with van der Waals surface area (Å²) in [6.45, 7) is 1.69. The van der Waals surface area contributed by atoms with Crippen LogP contribution in [0.4, 0.5) is 5.69 Å². The van der Waals surface area contributed by atoms with Crippen molar-refractivity contribution in [1.82, 2.24) is 0 Å². The maximum absolute atomic E-state index is 12.5. The molecule has 0 bridgehead atoms. The van der Waals surface area contributed by atoms with Crippen LogP contribution in [0.1, 0.15) is 40.4 Å². The number of carbonyl (C=O) groups is 1. The molecule has 0 aliphatic heterocycles. The monoisotopic (exact) mass is 294 g/mol. The van der Waals surface area contributed by atoms with Gasteiger partial charge in [0.2, 0.25) is 0 Å². The molecule has 2 aromatic carbocycles. The van der Waals surface area contributed by atoms with Crippen LogP contribution >= 0.6 is 0 Å². The highest BCUT2D eigenvalue weighted by atomic mass is 16.4. The number of benzene rings is 2. The lowest BCUT2D eigenvalue weighted by atomic mass is 10.1. The average Bonchev–Trinajstić information content (AvgIpc) is 3.02. The molecular weight excluding hydrogens is 276 g/mol. The van der Waals surface area contributed by atoms with E-state index in [1.807, 2.05) is 36.4 Å². The van der Waals surface area contributed by atoms with Crippen LogP contribution < -0.4 is 5.32 Å². The van der Waals surface area contributed by atoms with Gasteiger partial charge in [-0.25, -0.2) is 0 Å². The van der Waals surface area contributed by atoms with Crippen LogP contribution in [0, 0.1) is 0 Å². The molecule has 0 saturated carbocycles. The van der Waals surface area contributed by atoms with Crippen LogP contribution in [-0.2, 0) is 12.8 Å². The van der Waals surface area contributed by atoms with E-state index in [0.717, 1.165) is 19.3 Å². The number of hydrogen-bond donors (Lipinski definition) is 2. The van der Waals surface area contributed by atoms with Gasteiger partial charge in [-0.1, -0.05) is 29.4 Å². The highest BCUT2D eigenvalue weighted by Gasteiger charge is 2.15. The first kappa shape index (κ1) is 14.3. The van der Waals surface area contributed by atoms with Crippen LogP contribution in [-0.4, -0.2) is 16.8 Å². The molecule has 0 fully saturated rings. The minimum atomic E-state index is -0.145. The van der Waals surface area contributed by atoms with E-state index in [-0.39, 0.29) is 5.91 Å². The van der Waals surface area contributed by atoms with Gasteiger partial charge in [0.1, 0.15) is 0 Å². The number of aryl methyl sites for hydroxylation is 2. The Morgan fingerprint density at radius 3 is 2.73 bits per heavy atom. The van der Waals surface area contributed by atoms with Crippen molar-refractivity contribution in [2.24, 2.45) is 5.16 Å². The zero-order chi connectivity index (χ0) is 15.5. The van der Waals surface area contributed by atoms with E-state index in [2.05, 4.69) is 10.5 Å². The van der Waals surface area contributed by atoms with Crippen LogP contribution in [0.5, 0.6) is 0 Å². The summed E-state index contributed by atoms with van der Waals surface area (Å²) in [7, 11) is 0. The fourth-order valence-corrected chi connectivity index (χ4v) is 2.87. The van der Waals surface area contributed by atoms with Crippen LogP contribution in [0.2, 0.25) is 0 Å². The molecule has 1 aliphatic carbocycles. The first-order chi connectivity index (χ1) is 10.7. The van der Waals surface area contributed by atoms with E-state index < -0.39 is 0 Å². The normalized spacial score (nSPS) is 13.8. The number of oxime groups is 1. The number of rotatable bonds is 3. The third kappa shape index (κ3) is 2.72. The Balaban J connectivity index is 1.86. The minimum absolute atomic E-state index is 0.145. The molecule has 3 rings (SSSR count). The topological polar surface area (TPSA) is 61.7 Å². The SMILES string of the molecule is C/C(=N\O)c1ccccc1NC(=O)c1ccc2c(c1)CCC2. The summed E-state index contributed by atoms with van der Waals surface area (Å²) in [5, 5.41) is 15.1. The highest BCUT2D eigenvalue weighted by molar-refractivity contribution is 6.10. The first-order valence-electron chi connectivity index (χ1n) is 7.40. The minimum Gasteiger partial charge on any atom is -0.411 e. The quantitative estimate of drug-likeness (QED) is 0.516. The van der Waals surface area contributed by atoms with Crippen LogP contribution in [0.15, 0.2) is 47.6 Å². The molecule has 2 N–H and O–H groups in total. The molecule has 1 aliphatic rings. The maximum Gasteiger partial charge on any atom is 0.255 e. The van der Waals surface area contributed by atoms with Crippen LogP contribution in [0.3, 0.4) is 0 Å². The van der Waals surface area contributed by atoms with Gasteiger partial charge >= 0.3 is 0 Å². The van der Waals surface area contributed by atoms with E-state index >= 15 is 0 Å². The summed E-state index contributed by atoms with van der Waals surface area (Å²) in [6, 6.07) is 13.2. The lowest BCUT2D eigenvalue weighted by molar-refractivity contribution is 0.102. The Kier molecular flexibility index (Phi) is 3.92. The molecule has 0 unspecified atom stereocenters. The van der Waals surface area contributed by atoms with Crippen molar-refractivity contribution >= 4 is 17.3 Å². The Morgan fingerprint density at radius 1 is 1.14 bits per heavy atom. The fraction of sp³-hybridized carbons (Fsp3) is 0.222. The molecule has 0 heterocycles. The molecular formula is C18H18N2O2. The van der Waals surface area contributed by atoms with E-state index in [1.165, 1.54) is 11.1 Å². The van der Waals surface area contributed by atoms with Gasteiger partial charge in [-0.15, -0.1) is 0 Å². The van der Waals surface area contributed by atoms with E-state index in [9.17, 15) is 4.79 Å². The van der Waals surface area contributed by atoms with E-state index in [4.69, 9.17) is 5.21 Å². The molecule has 2 aromatic rings. The second-order valence-corrected chi connectivity index (χ2v) is 5.52. The molecule has 1 amide bonds. The predicted molar refractivity (Wildman–Crippen MR) is 86.9 cm³/mol. The van der Waals surface area contributed by atoms with Crippen molar-refractivity contribution in [3.63, 3.8) is 0 Å². The van der Waals surface area contributed by atoms with Crippen molar-refractivity contribution < 1.29 is 10.0 Å². The average molecular weight is 294 g/mol. The van der Waals surface area contributed by atoms with Gasteiger partial charge in [0.05, 0.1) is 11.4 Å². The largest absolute Gasteiger partial charge is 0.411 e. The van der Waals surface area contributed by atoms with Gasteiger partial charge in [0.25, 0.3) is 5.91 Å². The standard InChI is InChI=1S/C18H18N2O2/c1-12(20-22)16-7-2-3-8-17(16)19-18(21)15-10-9-13-5-4-6-14(13)11-15/h2-3,7-11,22H,4-6H2,1H3,(H,19,21)/b20-12+. The highest BCUT2D eigenvalue weighted by Crippen LogP contribution is 2.24. The van der Waals surface area contributed by atoms with Gasteiger partial charge in [0, 0.05) is 11.1 Å². The molecule has 22 heavy (non-hydrogen) atoms. The zero-order valence-electron chi connectivity index (χ0n) is 12.5. The van der Waals surface area contributed by atoms with Crippen molar-refractivity contribution in [2.75, 3.05) is 5.32 Å². The van der Waals surface area contributed by atoms with Gasteiger partial charge in [-0.3, -0.25) is 4.79 Å². The van der Waals surface area contributed by atoms with Gasteiger partial charge in [-0.2, -0.15) is 0 Å². The molecule has 0 atom stereocenters. The van der Waals surface area contributed by atoms with Gasteiger partial charge in [0.15, 0.2) is 0 Å². The zero-order valence-corrected chi connectivity index (χ0v) is 12.5. The Labute approximate surface area is 129 Å². The summed E-state index contributed by atoms with van der Waals surface area (Å²) >= 11 is 0. The number of carbonyl (C=O) groups excluding carboxylic acids is 1. The number of nitrogens with one attached hydrogen (secondary N) is 1. The molecule has 112 valence electrons. The second kappa shape index (κ2) is 6.02. The molecule has 4 heteroatoms. The predicted octanol–water partition coefficient (Wildman–Crippen LogP) is 3.63. The van der Waals surface area contributed by atoms with E-state index in [0.29, 0.717) is 22.5 Å². The van der Waals surface area contributed by atoms with Crippen molar-refractivity contribution in [3.8, 4) is 0 Å². The summed E-state index contributed by atoms with van der Waals surface area (Å²) in [4.78, 5) is 12.5. The summed E-state index contributed by atoms with van der Waals surface area (Å²) in [5.74, 6) is -0.145. The number of fused-ring (bicyclic) bond motifs is 1. The lowest BCUT2D eigenvalue weighted by Crippen LogP contribution is -2.14. The molecule has 0 spiro atoms. The number of hydrogen-bond acceptors (Lipinski definition) is 3. The van der Waals surface area contributed by atoms with E-state index in [1.54, 1.807) is 13.0 Å². The fourth-order valence-electron chi connectivity index (χ4n) is 2.87. The smallest absolute Gasteiger partial charge is 0.255 e. The Morgan fingerprint density at radius 2 is 1.91 bits per heavy atom. The summed E-state index contributed by atoms with van der Waals surface area (Å²) in [6.07, 6.45) is 3.31. The summed E-state index contributed by atoms with van der Waals surface area (Å²) < 4.78 is 0. The number of anilines is 1. The van der Waals surface area contributed by atoms with Crippen molar-refractivity contribution in [2.45, 2.75) is 26.2 Å². The Bertz CT molecular complexity index is 751. The third-order valence-electron chi connectivity index (χ3n) is 4.08. The van der Waals surface area contributed by atoms with Crippen LogP contribution in [0.25, 0.3) is 0 Å². The number of nitrogens with zero attached hydrogens (tertiary/aromatic N) is 1. The molecule has 4 nitrogen and oxygen atoms in total. The van der Waals surface area contributed by atoms with Crippen molar-refractivity contribution in [3.05, 3.63) is 64.7 Å². The lowest BCUT2D eigenvalue weighted by Gasteiger charge is -2.11. The first-order valence-corrected chi connectivity index (χ1v) is 7.40. The number of amides is 1. The maximum atomic E-state index is 12.5. The Hall–Kier alpha value is -2.62. The molecule has 0 radical (unpaired) electrons. The summed E-state index contributed by atoms with van der Waals surface area (Å²) in [5.41, 5.74) is 5.09. The van der Waals surface area contributed by atoms with Crippen molar-refractivity contribution in [1.29, 1.82) is 0 Å². The van der Waals surface area contributed by atoms with Gasteiger partial charge in [-0.05, 0) is 55.5 Å². The van der Waals surface area contributed by atoms with Gasteiger partial charge < -0.3 is 10.5 Å². The molecule has 0 saturated heterocycles.